The van der Waals surface area contributed by atoms with E-state index in [9.17, 15) is 0 Å². The minimum atomic E-state index is 0.502. The maximum atomic E-state index is 5.88. The second kappa shape index (κ2) is 3.88. The second-order valence-electron chi connectivity index (χ2n) is 3.20. The Bertz CT molecular complexity index is 325. The third kappa shape index (κ3) is 2.07. The van der Waals surface area contributed by atoms with Gasteiger partial charge in [-0.25, -0.2) is 4.98 Å². The van der Waals surface area contributed by atoms with E-state index in [2.05, 4.69) is 9.98 Å². The number of hydrogen-bond acceptors (Lipinski definition) is 2. The molecule has 0 aliphatic heterocycles. The van der Waals surface area contributed by atoms with Gasteiger partial charge in [-0.05, 0) is 37.8 Å². The molecule has 0 bridgehead atoms. The van der Waals surface area contributed by atoms with Gasteiger partial charge in [0.15, 0.2) is 5.15 Å². The van der Waals surface area contributed by atoms with Crippen LogP contribution in [-0.2, 0) is 0 Å². The van der Waals surface area contributed by atoms with Gasteiger partial charge in [-0.3, -0.25) is 4.99 Å². The Balaban J connectivity index is 2.25. The van der Waals surface area contributed by atoms with E-state index in [1.165, 1.54) is 18.6 Å². The van der Waals surface area contributed by atoms with E-state index in [0.717, 1.165) is 18.5 Å². The fraction of sp³-hybridized carbons (Fsp3) is 0.400. The molecular formula is C10H11ClN2. The van der Waals surface area contributed by atoms with Crippen LogP contribution >= 0.6 is 11.6 Å². The highest BCUT2D eigenvalue weighted by Crippen LogP contribution is 2.24. The molecule has 2 rings (SSSR count). The van der Waals surface area contributed by atoms with Crippen molar-refractivity contribution in [2.45, 2.75) is 25.7 Å². The average molecular weight is 195 g/mol. The molecule has 0 amide bonds. The van der Waals surface area contributed by atoms with Crippen LogP contribution in [0.3, 0.4) is 0 Å². The topological polar surface area (TPSA) is 25.2 Å². The van der Waals surface area contributed by atoms with Crippen LogP contribution in [0.25, 0.3) is 0 Å². The van der Waals surface area contributed by atoms with E-state index in [-0.39, 0.29) is 0 Å². The first kappa shape index (κ1) is 8.70. The lowest BCUT2D eigenvalue weighted by Crippen LogP contribution is -1.87. The van der Waals surface area contributed by atoms with Crippen molar-refractivity contribution >= 4 is 23.0 Å². The van der Waals surface area contributed by atoms with Gasteiger partial charge in [0.25, 0.3) is 0 Å². The molecule has 1 aromatic rings. The van der Waals surface area contributed by atoms with Gasteiger partial charge in [-0.1, -0.05) is 11.6 Å². The molecule has 1 aromatic heterocycles. The number of halogens is 1. The minimum absolute atomic E-state index is 0.502. The van der Waals surface area contributed by atoms with Crippen LogP contribution in [0, 0.1) is 0 Å². The van der Waals surface area contributed by atoms with Gasteiger partial charge in [0.1, 0.15) is 5.69 Å². The van der Waals surface area contributed by atoms with Crippen LogP contribution in [-0.4, -0.2) is 10.7 Å². The SMILES string of the molecule is Clc1ncccc1N=C1CCCC1. The Labute approximate surface area is 82.7 Å². The fourth-order valence-corrected chi connectivity index (χ4v) is 1.69. The quantitative estimate of drug-likeness (QED) is 0.630. The second-order valence-corrected chi connectivity index (χ2v) is 3.56. The molecule has 13 heavy (non-hydrogen) atoms. The maximum absolute atomic E-state index is 5.88. The lowest BCUT2D eigenvalue weighted by Gasteiger charge is -1.97. The number of rotatable bonds is 1. The van der Waals surface area contributed by atoms with Gasteiger partial charge in [-0.15, -0.1) is 0 Å². The fourth-order valence-electron chi connectivity index (χ4n) is 1.53. The summed E-state index contributed by atoms with van der Waals surface area (Å²) in [6.07, 6.45) is 6.44. The summed E-state index contributed by atoms with van der Waals surface area (Å²) in [6, 6.07) is 3.76. The van der Waals surface area contributed by atoms with Gasteiger partial charge in [-0.2, -0.15) is 0 Å². The monoisotopic (exact) mass is 194 g/mol. The standard InChI is InChI=1S/C10H11ClN2/c11-10-9(6-3-7-12-10)13-8-4-1-2-5-8/h3,6-7H,1-2,4-5H2. The van der Waals surface area contributed by atoms with Crippen molar-refractivity contribution in [1.82, 2.24) is 4.98 Å². The normalized spacial score (nSPS) is 16.2. The number of pyridine rings is 1. The smallest absolute Gasteiger partial charge is 0.154 e. The summed E-state index contributed by atoms with van der Waals surface area (Å²) in [6.45, 7) is 0. The molecule has 1 saturated carbocycles. The maximum Gasteiger partial charge on any atom is 0.154 e. The molecule has 2 nitrogen and oxygen atoms in total. The first-order valence-corrected chi connectivity index (χ1v) is 4.91. The van der Waals surface area contributed by atoms with Gasteiger partial charge in [0, 0.05) is 11.9 Å². The highest BCUT2D eigenvalue weighted by atomic mass is 35.5. The molecule has 0 unspecified atom stereocenters. The molecule has 0 atom stereocenters. The van der Waals surface area contributed by atoms with Gasteiger partial charge < -0.3 is 0 Å². The van der Waals surface area contributed by atoms with Crippen molar-refractivity contribution in [2.75, 3.05) is 0 Å². The number of hydrogen-bond donors (Lipinski definition) is 0. The number of aromatic nitrogens is 1. The van der Waals surface area contributed by atoms with Crippen LogP contribution in [0.15, 0.2) is 23.3 Å². The zero-order valence-electron chi connectivity index (χ0n) is 7.33. The van der Waals surface area contributed by atoms with E-state index >= 15 is 0 Å². The molecule has 0 aromatic carbocycles. The van der Waals surface area contributed by atoms with E-state index in [1.807, 2.05) is 12.1 Å². The molecule has 1 heterocycles. The van der Waals surface area contributed by atoms with Crippen molar-refractivity contribution in [2.24, 2.45) is 4.99 Å². The Morgan fingerprint density at radius 1 is 1.31 bits per heavy atom. The molecule has 1 aliphatic rings. The van der Waals surface area contributed by atoms with Crippen LogP contribution < -0.4 is 0 Å². The molecule has 0 saturated heterocycles. The first-order valence-electron chi connectivity index (χ1n) is 4.53. The molecule has 0 N–H and O–H groups in total. The third-order valence-electron chi connectivity index (χ3n) is 2.20. The van der Waals surface area contributed by atoms with Crippen LogP contribution in [0.1, 0.15) is 25.7 Å². The molecule has 1 fully saturated rings. The summed E-state index contributed by atoms with van der Waals surface area (Å²) >= 11 is 5.88. The average Bonchev–Trinajstić information content (AvgIpc) is 2.61. The molecule has 0 spiro atoms. The summed E-state index contributed by atoms with van der Waals surface area (Å²) < 4.78 is 0. The third-order valence-corrected chi connectivity index (χ3v) is 2.49. The van der Waals surface area contributed by atoms with Crippen LogP contribution in [0.4, 0.5) is 5.69 Å². The molecule has 3 heteroatoms. The van der Waals surface area contributed by atoms with Crippen LogP contribution in [0.2, 0.25) is 5.15 Å². The van der Waals surface area contributed by atoms with Gasteiger partial charge >= 0.3 is 0 Å². The van der Waals surface area contributed by atoms with Crippen molar-refractivity contribution in [1.29, 1.82) is 0 Å². The number of aliphatic imine (C=N–C) groups is 1. The predicted molar refractivity (Wildman–Crippen MR) is 54.8 cm³/mol. The largest absolute Gasteiger partial charge is 0.255 e. The van der Waals surface area contributed by atoms with Crippen molar-refractivity contribution < 1.29 is 0 Å². The first-order chi connectivity index (χ1) is 6.36. The molecule has 1 aliphatic carbocycles. The summed E-state index contributed by atoms with van der Waals surface area (Å²) in [5, 5.41) is 0.502. The summed E-state index contributed by atoms with van der Waals surface area (Å²) in [4.78, 5) is 8.46. The molecule has 0 radical (unpaired) electrons. The highest BCUT2D eigenvalue weighted by Gasteiger charge is 2.08. The van der Waals surface area contributed by atoms with E-state index < -0.39 is 0 Å². The van der Waals surface area contributed by atoms with E-state index in [4.69, 9.17) is 11.6 Å². The summed E-state index contributed by atoms with van der Waals surface area (Å²) in [7, 11) is 0. The van der Waals surface area contributed by atoms with E-state index in [0.29, 0.717) is 5.15 Å². The Morgan fingerprint density at radius 3 is 2.77 bits per heavy atom. The van der Waals surface area contributed by atoms with Gasteiger partial charge in [0.2, 0.25) is 0 Å². The zero-order valence-corrected chi connectivity index (χ0v) is 8.09. The Morgan fingerprint density at radius 2 is 2.08 bits per heavy atom. The lowest BCUT2D eigenvalue weighted by atomic mass is 10.3. The van der Waals surface area contributed by atoms with E-state index in [1.54, 1.807) is 6.20 Å². The van der Waals surface area contributed by atoms with Crippen LogP contribution in [0.5, 0.6) is 0 Å². The predicted octanol–water partition coefficient (Wildman–Crippen LogP) is 3.38. The van der Waals surface area contributed by atoms with Crippen molar-refractivity contribution in [3.8, 4) is 0 Å². The molecular weight excluding hydrogens is 184 g/mol. The summed E-state index contributed by atoms with van der Waals surface area (Å²) in [5.74, 6) is 0. The Kier molecular flexibility index (Phi) is 2.60. The Hall–Kier alpha value is -0.890. The summed E-state index contributed by atoms with van der Waals surface area (Å²) in [5.41, 5.74) is 2.07. The lowest BCUT2D eigenvalue weighted by molar-refractivity contribution is 0.886. The van der Waals surface area contributed by atoms with Crippen molar-refractivity contribution in [3.63, 3.8) is 0 Å². The highest BCUT2D eigenvalue weighted by molar-refractivity contribution is 6.31. The zero-order chi connectivity index (χ0) is 9.10. The molecule has 68 valence electrons. The van der Waals surface area contributed by atoms with Crippen molar-refractivity contribution in [3.05, 3.63) is 23.5 Å². The number of nitrogens with zero attached hydrogens (tertiary/aromatic N) is 2. The van der Waals surface area contributed by atoms with Gasteiger partial charge in [0.05, 0.1) is 0 Å². The minimum Gasteiger partial charge on any atom is -0.255 e.